The van der Waals surface area contributed by atoms with E-state index in [1.54, 1.807) is 16.8 Å². The second kappa shape index (κ2) is 6.14. The van der Waals surface area contributed by atoms with E-state index in [1.807, 2.05) is 12.3 Å². The molecule has 1 aliphatic heterocycles. The Hall–Kier alpha value is -2.87. The highest BCUT2D eigenvalue weighted by molar-refractivity contribution is 5.75. The minimum absolute atomic E-state index is 0.239. The predicted octanol–water partition coefficient (Wildman–Crippen LogP) is 2.52. The van der Waals surface area contributed by atoms with E-state index in [4.69, 9.17) is 0 Å². The molecule has 1 aromatic carbocycles. The summed E-state index contributed by atoms with van der Waals surface area (Å²) in [6.45, 7) is 2.64. The number of H-pyrrole nitrogens is 1. The van der Waals surface area contributed by atoms with Gasteiger partial charge in [-0.3, -0.25) is 4.90 Å². The first-order chi connectivity index (χ1) is 12.7. The van der Waals surface area contributed by atoms with Crippen LogP contribution in [0.2, 0.25) is 0 Å². The van der Waals surface area contributed by atoms with Crippen LogP contribution in [-0.4, -0.2) is 47.5 Å². The summed E-state index contributed by atoms with van der Waals surface area (Å²) in [5.74, 6) is 2.52. The van der Waals surface area contributed by atoms with Gasteiger partial charge in [-0.05, 0) is 50.2 Å². The van der Waals surface area contributed by atoms with Crippen LogP contribution in [0.15, 0.2) is 36.7 Å². The molecule has 0 atom stereocenters. The normalized spacial score (nSPS) is 16.7. The Morgan fingerprint density at radius 1 is 1.19 bits per heavy atom. The van der Waals surface area contributed by atoms with Crippen LogP contribution in [0, 0.1) is 5.82 Å². The van der Waals surface area contributed by atoms with Crippen molar-refractivity contribution in [3.8, 4) is 0 Å². The molecule has 1 N–H and O–H groups in total. The first-order valence-electron chi connectivity index (χ1n) is 8.78. The van der Waals surface area contributed by atoms with E-state index in [0.717, 1.165) is 55.2 Å². The van der Waals surface area contributed by atoms with Crippen LogP contribution in [-0.2, 0) is 6.54 Å². The number of nitrogens with zero attached hydrogens (tertiary/aromatic N) is 6. The zero-order valence-corrected chi connectivity index (χ0v) is 14.1. The molecule has 1 fully saturated rings. The molecule has 7 nitrogen and oxygen atoms in total. The molecular formula is C18H18FN7. The van der Waals surface area contributed by atoms with Crippen LogP contribution in [0.3, 0.4) is 0 Å². The first kappa shape index (κ1) is 15.4. The molecule has 0 amide bonds. The van der Waals surface area contributed by atoms with Crippen molar-refractivity contribution >= 4 is 16.8 Å². The quantitative estimate of drug-likeness (QED) is 0.614. The van der Waals surface area contributed by atoms with Gasteiger partial charge in [0.05, 0.1) is 17.6 Å². The highest BCUT2D eigenvalue weighted by atomic mass is 19.1. The van der Waals surface area contributed by atoms with Crippen LogP contribution in [0.5, 0.6) is 0 Å². The lowest BCUT2D eigenvalue weighted by atomic mass is 9.96. The standard InChI is InChI=1S/C18H18FN7/c19-13-2-3-14-15(10-13)22-17(21-14)12-4-8-25(9-5-12)11-16-23-18-20-6-1-7-26(18)24-16/h1-3,6-7,10,12H,4-5,8-9,11H2,(H,21,22). The van der Waals surface area contributed by atoms with Gasteiger partial charge in [-0.25, -0.2) is 18.9 Å². The van der Waals surface area contributed by atoms with Crippen molar-refractivity contribution in [2.24, 2.45) is 0 Å². The van der Waals surface area contributed by atoms with E-state index < -0.39 is 0 Å². The number of imidazole rings is 1. The van der Waals surface area contributed by atoms with E-state index in [9.17, 15) is 4.39 Å². The average Bonchev–Trinajstić information content (AvgIpc) is 3.25. The number of rotatable bonds is 3. The van der Waals surface area contributed by atoms with Crippen molar-refractivity contribution in [3.63, 3.8) is 0 Å². The molecule has 0 aliphatic carbocycles. The van der Waals surface area contributed by atoms with Crippen molar-refractivity contribution < 1.29 is 4.39 Å². The maximum atomic E-state index is 13.4. The number of hydrogen-bond acceptors (Lipinski definition) is 5. The smallest absolute Gasteiger partial charge is 0.252 e. The topological polar surface area (TPSA) is 75.0 Å². The van der Waals surface area contributed by atoms with Gasteiger partial charge in [-0.2, -0.15) is 4.98 Å². The fourth-order valence-corrected chi connectivity index (χ4v) is 3.60. The number of likely N-dealkylation sites (tertiary alicyclic amines) is 1. The van der Waals surface area contributed by atoms with E-state index >= 15 is 0 Å². The van der Waals surface area contributed by atoms with Crippen molar-refractivity contribution in [1.82, 2.24) is 34.4 Å². The Bertz CT molecular complexity index is 1030. The molecule has 4 aromatic rings. The second-order valence-corrected chi connectivity index (χ2v) is 6.73. The zero-order chi connectivity index (χ0) is 17.5. The summed E-state index contributed by atoms with van der Waals surface area (Å²) in [6, 6.07) is 6.52. The van der Waals surface area contributed by atoms with Crippen LogP contribution in [0.25, 0.3) is 16.8 Å². The molecule has 3 aromatic heterocycles. The SMILES string of the molecule is Fc1ccc2nc(C3CCN(Cc4nc5ncccn5n4)CC3)[nH]c2c1. The average molecular weight is 351 g/mol. The molecule has 1 aliphatic rings. The van der Waals surface area contributed by atoms with Crippen molar-refractivity contribution in [1.29, 1.82) is 0 Å². The fourth-order valence-electron chi connectivity index (χ4n) is 3.60. The third-order valence-electron chi connectivity index (χ3n) is 4.96. The predicted molar refractivity (Wildman–Crippen MR) is 94.1 cm³/mol. The Balaban J connectivity index is 1.26. The van der Waals surface area contributed by atoms with Gasteiger partial charge >= 0.3 is 0 Å². The number of piperidine rings is 1. The lowest BCUT2D eigenvalue weighted by Crippen LogP contribution is -2.33. The van der Waals surface area contributed by atoms with E-state index in [0.29, 0.717) is 11.7 Å². The molecule has 0 spiro atoms. The molecule has 26 heavy (non-hydrogen) atoms. The van der Waals surface area contributed by atoms with Gasteiger partial charge in [-0.15, -0.1) is 5.10 Å². The molecule has 0 bridgehead atoms. The highest BCUT2D eigenvalue weighted by Crippen LogP contribution is 2.28. The number of aromatic amines is 1. The third-order valence-corrected chi connectivity index (χ3v) is 4.96. The van der Waals surface area contributed by atoms with Gasteiger partial charge in [0.2, 0.25) is 0 Å². The van der Waals surface area contributed by atoms with Gasteiger partial charge in [0.15, 0.2) is 5.82 Å². The summed E-state index contributed by atoms with van der Waals surface area (Å²) < 4.78 is 15.1. The molecule has 0 saturated carbocycles. The molecule has 132 valence electrons. The van der Waals surface area contributed by atoms with Gasteiger partial charge in [0, 0.05) is 18.3 Å². The van der Waals surface area contributed by atoms with Crippen LogP contribution >= 0.6 is 0 Å². The van der Waals surface area contributed by atoms with E-state index in [2.05, 4.69) is 29.9 Å². The minimum Gasteiger partial charge on any atom is -0.342 e. The van der Waals surface area contributed by atoms with Crippen molar-refractivity contribution in [2.75, 3.05) is 13.1 Å². The monoisotopic (exact) mass is 351 g/mol. The maximum Gasteiger partial charge on any atom is 0.252 e. The van der Waals surface area contributed by atoms with Crippen molar-refractivity contribution in [3.05, 3.63) is 54.1 Å². The number of benzene rings is 1. The summed E-state index contributed by atoms with van der Waals surface area (Å²) in [6.07, 6.45) is 5.59. The van der Waals surface area contributed by atoms with E-state index in [1.165, 1.54) is 12.1 Å². The third kappa shape index (κ3) is 2.82. The Labute approximate surface area is 148 Å². The number of nitrogens with one attached hydrogen (secondary N) is 1. The molecule has 4 heterocycles. The number of aromatic nitrogens is 6. The molecule has 8 heteroatoms. The van der Waals surface area contributed by atoms with Gasteiger partial charge in [-0.1, -0.05) is 0 Å². The number of fused-ring (bicyclic) bond motifs is 2. The van der Waals surface area contributed by atoms with Crippen LogP contribution in [0.4, 0.5) is 4.39 Å². The molecule has 0 unspecified atom stereocenters. The summed E-state index contributed by atoms with van der Waals surface area (Å²) in [4.78, 5) is 18.9. The zero-order valence-electron chi connectivity index (χ0n) is 14.1. The maximum absolute atomic E-state index is 13.4. The first-order valence-corrected chi connectivity index (χ1v) is 8.78. The van der Waals surface area contributed by atoms with Gasteiger partial charge in [0.25, 0.3) is 5.78 Å². The minimum atomic E-state index is -0.239. The summed E-state index contributed by atoms with van der Waals surface area (Å²) in [5.41, 5.74) is 1.59. The Morgan fingerprint density at radius 2 is 2.08 bits per heavy atom. The molecule has 1 saturated heterocycles. The second-order valence-electron chi connectivity index (χ2n) is 6.73. The van der Waals surface area contributed by atoms with Crippen molar-refractivity contribution in [2.45, 2.75) is 25.3 Å². The summed E-state index contributed by atoms with van der Waals surface area (Å²) in [7, 11) is 0. The van der Waals surface area contributed by atoms with E-state index in [-0.39, 0.29) is 5.82 Å². The fraction of sp³-hybridized carbons (Fsp3) is 0.333. The summed E-state index contributed by atoms with van der Waals surface area (Å²) in [5, 5.41) is 4.47. The number of hydrogen-bond donors (Lipinski definition) is 1. The molecule has 5 rings (SSSR count). The lowest BCUT2D eigenvalue weighted by molar-refractivity contribution is 0.198. The Morgan fingerprint density at radius 3 is 2.92 bits per heavy atom. The number of halogens is 1. The van der Waals surface area contributed by atoms with Gasteiger partial charge < -0.3 is 4.98 Å². The molecular weight excluding hydrogens is 333 g/mol. The lowest BCUT2D eigenvalue weighted by Gasteiger charge is -2.30. The highest BCUT2D eigenvalue weighted by Gasteiger charge is 2.24. The molecule has 0 radical (unpaired) electrons. The Kier molecular flexibility index (Phi) is 3.63. The van der Waals surface area contributed by atoms with Crippen LogP contribution in [0.1, 0.15) is 30.4 Å². The van der Waals surface area contributed by atoms with Crippen LogP contribution < -0.4 is 0 Å². The van der Waals surface area contributed by atoms with Gasteiger partial charge in [0.1, 0.15) is 11.6 Å². The summed E-state index contributed by atoms with van der Waals surface area (Å²) >= 11 is 0. The largest absolute Gasteiger partial charge is 0.342 e.